The van der Waals surface area contributed by atoms with Crippen molar-refractivity contribution in [3.63, 3.8) is 0 Å². The predicted octanol–water partition coefficient (Wildman–Crippen LogP) is -1.50. The van der Waals surface area contributed by atoms with E-state index in [0.29, 0.717) is 5.56 Å². The molecule has 0 atom stereocenters. The Morgan fingerprint density at radius 2 is 2.07 bits per heavy atom. The third-order valence-corrected chi connectivity index (χ3v) is 2.03. The van der Waals surface area contributed by atoms with E-state index in [1.54, 1.807) is 0 Å². The molecule has 0 saturated heterocycles. The number of rotatable bonds is 1. The van der Waals surface area contributed by atoms with Gasteiger partial charge in [0.05, 0.1) is 0 Å². The summed E-state index contributed by atoms with van der Waals surface area (Å²) >= 11 is 0. The standard InChI is InChI=1S/C10H4N2O3/c11-4-6-2-1-3-12(5-6)7-8(13)10(15)9(7)14/h1-3,5H. The molecule has 0 bridgehead atoms. The first-order chi connectivity index (χ1) is 7.15. The summed E-state index contributed by atoms with van der Waals surface area (Å²) in [6.07, 6.45) is 2.77. The molecule has 15 heavy (non-hydrogen) atoms. The highest BCUT2D eigenvalue weighted by Gasteiger charge is 2.22. The Labute approximate surface area is 83.8 Å². The van der Waals surface area contributed by atoms with Crippen LogP contribution >= 0.6 is 0 Å². The Kier molecular flexibility index (Phi) is 1.83. The van der Waals surface area contributed by atoms with Gasteiger partial charge in [-0.2, -0.15) is 9.83 Å². The van der Waals surface area contributed by atoms with Gasteiger partial charge in [0.25, 0.3) is 11.1 Å². The fraction of sp³-hybridized carbons (Fsp3) is 0. The maximum Gasteiger partial charge on any atom is 0.296 e. The molecule has 0 N–H and O–H groups in total. The molecule has 0 radical (unpaired) electrons. The number of pyridine rings is 1. The van der Waals surface area contributed by atoms with E-state index < -0.39 is 16.6 Å². The minimum Gasteiger partial charge on any atom is -0.865 e. The monoisotopic (exact) mass is 200 g/mol. The lowest BCUT2D eigenvalue weighted by Gasteiger charge is -2.07. The molecule has 1 aromatic carbocycles. The van der Waals surface area contributed by atoms with Crippen LogP contribution in [0.4, 0.5) is 0 Å². The highest BCUT2D eigenvalue weighted by molar-refractivity contribution is 5.43. The van der Waals surface area contributed by atoms with Crippen molar-refractivity contribution >= 4 is 0 Å². The molecule has 0 spiro atoms. The zero-order chi connectivity index (χ0) is 11.0. The van der Waals surface area contributed by atoms with Crippen LogP contribution in [0.2, 0.25) is 0 Å². The molecule has 2 rings (SSSR count). The van der Waals surface area contributed by atoms with E-state index in [0.717, 1.165) is 0 Å². The summed E-state index contributed by atoms with van der Waals surface area (Å²) in [5, 5.41) is 19.7. The Hall–Kier alpha value is -2.48. The summed E-state index contributed by atoms with van der Waals surface area (Å²) in [6, 6.07) is 4.93. The van der Waals surface area contributed by atoms with E-state index >= 15 is 0 Å². The lowest BCUT2D eigenvalue weighted by molar-refractivity contribution is -0.602. The topological polar surface area (TPSA) is 84.9 Å². The average molecular weight is 200 g/mol. The van der Waals surface area contributed by atoms with Gasteiger partial charge in [-0.25, -0.2) is 0 Å². The van der Waals surface area contributed by atoms with E-state index in [-0.39, 0.29) is 5.69 Å². The Morgan fingerprint density at radius 3 is 2.67 bits per heavy atom. The smallest absolute Gasteiger partial charge is 0.296 e. The zero-order valence-corrected chi connectivity index (χ0v) is 7.43. The van der Waals surface area contributed by atoms with Crippen molar-refractivity contribution in [3.05, 3.63) is 50.5 Å². The predicted molar refractivity (Wildman–Crippen MR) is 47.0 cm³/mol. The summed E-state index contributed by atoms with van der Waals surface area (Å²) in [6.45, 7) is 0. The van der Waals surface area contributed by atoms with Crippen LogP contribution < -0.4 is 20.5 Å². The fourth-order valence-electron chi connectivity index (χ4n) is 1.27. The van der Waals surface area contributed by atoms with Gasteiger partial charge < -0.3 is 5.11 Å². The van der Waals surface area contributed by atoms with Crippen molar-refractivity contribution in [2.24, 2.45) is 0 Å². The molecule has 2 aromatic rings. The number of hydrogen-bond donors (Lipinski definition) is 0. The Morgan fingerprint density at radius 1 is 1.33 bits per heavy atom. The molecule has 5 heteroatoms. The van der Waals surface area contributed by atoms with E-state index in [9.17, 15) is 14.7 Å². The third kappa shape index (κ3) is 1.20. The van der Waals surface area contributed by atoms with Crippen molar-refractivity contribution in [2.75, 3.05) is 0 Å². The molecule has 0 amide bonds. The molecule has 5 nitrogen and oxygen atoms in total. The minimum absolute atomic E-state index is 0.197. The first-order valence-electron chi connectivity index (χ1n) is 4.07. The van der Waals surface area contributed by atoms with Gasteiger partial charge in [0.2, 0.25) is 5.43 Å². The average Bonchev–Trinajstić information content (AvgIpc) is 2.29. The maximum absolute atomic E-state index is 11.1. The summed E-state index contributed by atoms with van der Waals surface area (Å²) in [5.74, 6) is -0.805. The summed E-state index contributed by atoms with van der Waals surface area (Å²) in [5.41, 5.74) is -1.69. The van der Waals surface area contributed by atoms with Crippen LogP contribution in [0.1, 0.15) is 5.56 Å². The second kappa shape index (κ2) is 3.03. The fourth-order valence-corrected chi connectivity index (χ4v) is 1.27. The molecule has 0 saturated carbocycles. The second-order valence-corrected chi connectivity index (χ2v) is 2.95. The van der Waals surface area contributed by atoms with Crippen molar-refractivity contribution < 1.29 is 9.67 Å². The highest BCUT2D eigenvalue weighted by atomic mass is 16.3. The number of hydrogen-bond acceptors (Lipinski definition) is 4. The van der Waals surface area contributed by atoms with Gasteiger partial charge in [0, 0.05) is 11.8 Å². The van der Waals surface area contributed by atoms with Gasteiger partial charge in [-0.1, -0.05) is 0 Å². The molecule has 0 aliphatic carbocycles. The molecule has 72 valence electrons. The van der Waals surface area contributed by atoms with Gasteiger partial charge in [-0.05, 0) is 6.07 Å². The summed E-state index contributed by atoms with van der Waals surface area (Å²) in [7, 11) is 0. The molecule has 1 heterocycles. The minimum atomic E-state index is -1.00. The molecule has 1 aromatic heterocycles. The molecule has 0 unspecified atom stereocenters. The van der Waals surface area contributed by atoms with Crippen molar-refractivity contribution in [1.29, 1.82) is 5.26 Å². The zero-order valence-electron chi connectivity index (χ0n) is 7.43. The van der Waals surface area contributed by atoms with Gasteiger partial charge >= 0.3 is 0 Å². The SMILES string of the molecule is N#Cc1ccc[n+](-c2c([O-])c(=O)c2=O)c1. The van der Waals surface area contributed by atoms with Crippen LogP contribution in [0.25, 0.3) is 5.69 Å². The van der Waals surface area contributed by atoms with E-state index in [1.807, 2.05) is 6.07 Å². The van der Waals surface area contributed by atoms with Crippen LogP contribution in [-0.4, -0.2) is 0 Å². The maximum atomic E-state index is 11.1. The van der Waals surface area contributed by atoms with Crippen molar-refractivity contribution in [3.8, 4) is 17.5 Å². The Bertz CT molecular complexity index is 645. The number of aromatic nitrogens is 1. The first kappa shape index (κ1) is 9.09. The van der Waals surface area contributed by atoms with Gasteiger partial charge in [0.15, 0.2) is 12.4 Å². The largest absolute Gasteiger partial charge is 0.865 e. The molecular weight excluding hydrogens is 196 g/mol. The molecular formula is C10H4N2O3. The Balaban J connectivity index is 2.63. The first-order valence-corrected chi connectivity index (χ1v) is 4.07. The molecule has 0 aliphatic heterocycles. The van der Waals surface area contributed by atoms with E-state index in [4.69, 9.17) is 5.26 Å². The number of nitriles is 1. The quantitative estimate of drug-likeness (QED) is 0.414. The summed E-state index contributed by atoms with van der Waals surface area (Å²) in [4.78, 5) is 21.8. The van der Waals surface area contributed by atoms with Crippen LogP contribution in [0.15, 0.2) is 34.1 Å². The normalized spacial score (nSPS) is 10.1. The van der Waals surface area contributed by atoms with Gasteiger partial charge in [-0.3, -0.25) is 9.59 Å². The van der Waals surface area contributed by atoms with Crippen molar-refractivity contribution in [2.45, 2.75) is 0 Å². The van der Waals surface area contributed by atoms with E-state index in [2.05, 4.69) is 0 Å². The summed E-state index contributed by atoms with van der Waals surface area (Å²) < 4.78 is 1.20. The highest BCUT2D eigenvalue weighted by Crippen LogP contribution is 2.03. The van der Waals surface area contributed by atoms with Crippen LogP contribution in [0, 0.1) is 11.3 Å². The van der Waals surface area contributed by atoms with Crippen molar-refractivity contribution in [1.82, 2.24) is 0 Å². The van der Waals surface area contributed by atoms with E-state index in [1.165, 1.54) is 29.1 Å². The van der Waals surface area contributed by atoms with Crippen LogP contribution in [0.3, 0.4) is 0 Å². The lowest BCUT2D eigenvalue weighted by atomic mass is 10.2. The molecule has 0 aliphatic rings. The third-order valence-electron chi connectivity index (χ3n) is 2.03. The lowest BCUT2D eigenvalue weighted by Crippen LogP contribution is -2.49. The molecule has 0 fully saturated rings. The number of nitrogens with zero attached hydrogens (tertiary/aromatic N) is 2. The van der Waals surface area contributed by atoms with Crippen LogP contribution in [0.5, 0.6) is 5.75 Å². The van der Waals surface area contributed by atoms with Gasteiger partial charge in [0.1, 0.15) is 11.6 Å². The van der Waals surface area contributed by atoms with Gasteiger partial charge in [-0.15, -0.1) is 0 Å². The second-order valence-electron chi connectivity index (χ2n) is 2.95. The van der Waals surface area contributed by atoms with Crippen LogP contribution in [-0.2, 0) is 0 Å².